The smallest absolute Gasteiger partial charge is 0.416 e. The number of methoxy groups -OCH3 is 1. The molecule has 1 heterocycles. The number of non-ortho nitro benzene ring substituents is 1. The molecule has 0 radical (unpaired) electrons. The number of aromatic nitrogens is 3. The summed E-state index contributed by atoms with van der Waals surface area (Å²) in [5.41, 5.74) is 0.161. The van der Waals surface area contributed by atoms with Crippen molar-refractivity contribution in [3.8, 4) is 23.1 Å². The van der Waals surface area contributed by atoms with Gasteiger partial charge in [-0.25, -0.2) is 4.68 Å². The van der Waals surface area contributed by atoms with Crippen molar-refractivity contribution in [1.29, 1.82) is 0 Å². The highest BCUT2D eigenvalue weighted by molar-refractivity contribution is 6.04. The van der Waals surface area contributed by atoms with E-state index in [2.05, 4.69) is 15.4 Å². The molecule has 196 valence electrons. The number of carbonyl (C=O) groups excluding carboxylic acids is 1. The van der Waals surface area contributed by atoms with Crippen LogP contribution < -0.4 is 10.1 Å². The summed E-state index contributed by atoms with van der Waals surface area (Å²) in [6.45, 7) is 0.412. The molecule has 0 aliphatic carbocycles. The highest BCUT2D eigenvalue weighted by Gasteiger charge is 2.30. The fourth-order valence-corrected chi connectivity index (χ4v) is 3.43. The molecule has 38 heavy (non-hydrogen) atoms. The van der Waals surface area contributed by atoms with Gasteiger partial charge < -0.3 is 14.8 Å². The van der Waals surface area contributed by atoms with Crippen molar-refractivity contribution in [2.24, 2.45) is 0 Å². The predicted octanol–water partition coefficient (Wildman–Crippen LogP) is 5.14. The average Bonchev–Trinajstić information content (AvgIpc) is 3.33. The minimum Gasteiger partial charge on any atom is -0.460 e. The van der Waals surface area contributed by atoms with Gasteiger partial charge in [0, 0.05) is 36.1 Å². The van der Waals surface area contributed by atoms with Crippen LogP contribution >= 0.6 is 0 Å². The number of alkyl halides is 3. The number of rotatable bonds is 9. The van der Waals surface area contributed by atoms with Gasteiger partial charge in [-0.15, -0.1) is 5.10 Å². The summed E-state index contributed by atoms with van der Waals surface area (Å²) in [5.74, 6) is -0.371. The molecule has 0 fully saturated rings. The SMILES string of the molecule is COCCOc1nc(-c2ccc(C(F)(F)F)cc2)n(-c2cccc(NC(=O)c3cccc([N+](=O)[O-])c3)c2)n1. The number of ether oxygens (including phenoxy) is 2. The third-order valence-corrected chi connectivity index (χ3v) is 5.24. The Labute approximate surface area is 213 Å². The normalized spacial score (nSPS) is 11.3. The van der Waals surface area contributed by atoms with Crippen LogP contribution in [0.2, 0.25) is 0 Å². The first kappa shape index (κ1) is 26.3. The van der Waals surface area contributed by atoms with E-state index in [9.17, 15) is 28.1 Å². The van der Waals surface area contributed by atoms with Crippen molar-refractivity contribution in [2.45, 2.75) is 6.18 Å². The van der Waals surface area contributed by atoms with Crippen LogP contribution in [0.1, 0.15) is 15.9 Å². The number of hydrogen-bond acceptors (Lipinski definition) is 7. The zero-order valence-electron chi connectivity index (χ0n) is 19.8. The van der Waals surface area contributed by atoms with Crippen LogP contribution in [0.4, 0.5) is 24.5 Å². The maximum atomic E-state index is 13.0. The molecule has 10 nitrogen and oxygen atoms in total. The lowest BCUT2D eigenvalue weighted by molar-refractivity contribution is -0.384. The van der Waals surface area contributed by atoms with Crippen molar-refractivity contribution in [3.63, 3.8) is 0 Å². The predicted molar refractivity (Wildman–Crippen MR) is 130 cm³/mol. The van der Waals surface area contributed by atoms with Crippen LogP contribution in [0.3, 0.4) is 0 Å². The fraction of sp³-hybridized carbons (Fsp3) is 0.160. The Morgan fingerprint density at radius 3 is 2.47 bits per heavy atom. The van der Waals surface area contributed by atoms with Crippen LogP contribution in [0.25, 0.3) is 17.1 Å². The number of halogens is 3. The van der Waals surface area contributed by atoms with E-state index in [4.69, 9.17) is 9.47 Å². The van der Waals surface area contributed by atoms with Crippen LogP contribution in [0.15, 0.2) is 72.8 Å². The van der Waals surface area contributed by atoms with E-state index in [-0.39, 0.29) is 36.3 Å². The van der Waals surface area contributed by atoms with Gasteiger partial charge in [-0.1, -0.05) is 24.3 Å². The summed E-state index contributed by atoms with van der Waals surface area (Å²) >= 11 is 0. The van der Waals surface area contributed by atoms with E-state index in [1.165, 1.54) is 42.1 Å². The third kappa shape index (κ3) is 6.13. The lowest BCUT2D eigenvalue weighted by Gasteiger charge is -2.10. The number of amides is 1. The number of nitrogens with zero attached hydrogens (tertiary/aromatic N) is 4. The molecular weight excluding hydrogens is 507 g/mol. The summed E-state index contributed by atoms with van der Waals surface area (Å²) in [7, 11) is 1.50. The van der Waals surface area contributed by atoms with Gasteiger partial charge in [-0.2, -0.15) is 18.2 Å². The highest BCUT2D eigenvalue weighted by atomic mass is 19.4. The minimum absolute atomic E-state index is 0.0250. The lowest BCUT2D eigenvalue weighted by Crippen LogP contribution is -2.12. The Hall–Kier alpha value is -4.78. The van der Waals surface area contributed by atoms with Gasteiger partial charge in [-0.3, -0.25) is 14.9 Å². The van der Waals surface area contributed by atoms with Gasteiger partial charge in [-0.05, 0) is 36.4 Å². The van der Waals surface area contributed by atoms with E-state index in [0.717, 1.165) is 18.2 Å². The first-order chi connectivity index (χ1) is 18.2. The molecule has 1 amide bonds. The number of carbonyl (C=O) groups is 1. The van der Waals surface area contributed by atoms with Crippen molar-refractivity contribution in [1.82, 2.24) is 14.8 Å². The Bertz CT molecular complexity index is 1450. The standard InChI is InChI=1S/C25H20F3N5O5/c1-37-12-13-38-24-30-22(16-8-10-18(11-9-16)25(26,27)28)32(31-24)20-6-3-5-19(15-20)29-23(34)17-4-2-7-21(14-17)33(35)36/h2-11,14-15H,12-13H2,1H3,(H,29,34). The van der Waals surface area contributed by atoms with Gasteiger partial charge in [0.2, 0.25) is 0 Å². The van der Waals surface area contributed by atoms with Gasteiger partial charge in [0.25, 0.3) is 11.6 Å². The number of nitro benzene ring substituents is 1. The van der Waals surface area contributed by atoms with E-state index >= 15 is 0 Å². The molecule has 3 aromatic carbocycles. The van der Waals surface area contributed by atoms with Crippen LogP contribution in [-0.4, -0.2) is 45.9 Å². The molecule has 0 saturated heterocycles. The number of nitro groups is 1. The molecule has 1 N–H and O–H groups in total. The molecule has 4 rings (SSSR count). The van der Waals surface area contributed by atoms with Gasteiger partial charge >= 0.3 is 12.2 Å². The molecule has 0 aliphatic heterocycles. The monoisotopic (exact) mass is 527 g/mol. The zero-order valence-corrected chi connectivity index (χ0v) is 19.8. The molecule has 1 aromatic heterocycles. The number of anilines is 1. The summed E-state index contributed by atoms with van der Waals surface area (Å²) < 4.78 is 51.0. The second-order valence-electron chi connectivity index (χ2n) is 7.86. The minimum atomic E-state index is -4.49. The largest absolute Gasteiger partial charge is 0.460 e. The van der Waals surface area contributed by atoms with E-state index < -0.39 is 22.6 Å². The van der Waals surface area contributed by atoms with Crippen molar-refractivity contribution in [3.05, 3.63) is 94.0 Å². The first-order valence-electron chi connectivity index (χ1n) is 11.1. The quantitative estimate of drug-likeness (QED) is 0.182. The Kier molecular flexibility index (Phi) is 7.67. The molecule has 0 bridgehead atoms. The molecule has 0 saturated carbocycles. The van der Waals surface area contributed by atoms with Crippen LogP contribution in [0, 0.1) is 10.1 Å². The number of nitrogens with one attached hydrogen (secondary N) is 1. The number of benzene rings is 3. The molecule has 4 aromatic rings. The van der Waals surface area contributed by atoms with Crippen LogP contribution in [-0.2, 0) is 10.9 Å². The summed E-state index contributed by atoms with van der Waals surface area (Å²) in [5, 5.41) is 18.0. The Balaban J connectivity index is 1.66. The van der Waals surface area contributed by atoms with Crippen molar-refractivity contribution >= 4 is 17.3 Å². The maximum Gasteiger partial charge on any atom is 0.416 e. The zero-order chi connectivity index (χ0) is 27.3. The average molecular weight is 527 g/mol. The van der Waals surface area contributed by atoms with E-state index in [1.807, 2.05) is 0 Å². The van der Waals surface area contributed by atoms with E-state index in [1.54, 1.807) is 24.3 Å². The number of hydrogen-bond donors (Lipinski definition) is 1. The van der Waals surface area contributed by atoms with Crippen molar-refractivity contribution < 1.29 is 32.4 Å². The summed E-state index contributed by atoms with van der Waals surface area (Å²) in [6, 6.07) is 16.1. The first-order valence-corrected chi connectivity index (χ1v) is 11.1. The topological polar surface area (TPSA) is 121 Å². The van der Waals surface area contributed by atoms with Gasteiger partial charge in [0.1, 0.15) is 6.61 Å². The van der Waals surface area contributed by atoms with E-state index in [0.29, 0.717) is 16.9 Å². The molecule has 13 heteroatoms. The Morgan fingerprint density at radius 2 is 1.79 bits per heavy atom. The van der Waals surface area contributed by atoms with Crippen LogP contribution in [0.5, 0.6) is 6.01 Å². The molecule has 0 atom stereocenters. The summed E-state index contributed by atoms with van der Waals surface area (Å²) in [6.07, 6.45) is -4.49. The highest BCUT2D eigenvalue weighted by Crippen LogP contribution is 2.32. The third-order valence-electron chi connectivity index (χ3n) is 5.24. The summed E-state index contributed by atoms with van der Waals surface area (Å²) in [4.78, 5) is 27.4. The molecule has 0 aliphatic rings. The maximum absolute atomic E-state index is 13.0. The van der Waals surface area contributed by atoms with Crippen molar-refractivity contribution in [2.75, 3.05) is 25.6 Å². The lowest BCUT2D eigenvalue weighted by atomic mass is 10.1. The molecule has 0 unspecified atom stereocenters. The second-order valence-corrected chi connectivity index (χ2v) is 7.86. The molecular formula is C25H20F3N5O5. The van der Waals surface area contributed by atoms with Gasteiger partial charge in [0.05, 0.1) is 22.8 Å². The fourth-order valence-electron chi connectivity index (χ4n) is 3.43. The van der Waals surface area contributed by atoms with Gasteiger partial charge in [0.15, 0.2) is 5.82 Å². The second kappa shape index (κ2) is 11.1. The Morgan fingerprint density at radius 1 is 1.05 bits per heavy atom. The molecule has 0 spiro atoms.